The average Bonchev–Trinajstić information content (AvgIpc) is 2.55. The van der Waals surface area contributed by atoms with Crippen molar-refractivity contribution in [3.8, 4) is 0 Å². The van der Waals surface area contributed by atoms with Gasteiger partial charge in [0.2, 0.25) is 0 Å². The van der Waals surface area contributed by atoms with E-state index in [0.717, 1.165) is 17.3 Å². The Bertz CT molecular complexity index is 670. The highest BCUT2D eigenvalue weighted by Crippen LogP contribution is 2.20. The van der Waals surface area contributed by atoms with Gasteiger partial charge in [0.05, 0.1) is 11.1 Å². The molecule has 1 amide bonds. The Morgan fingerprint density at radius 2 is 2.10 bits per heavy atom. The van der Waals surface area contributed by atoms with E-state index in [-0.39, 0.29) is 5.91 Å². The maximum atomic E-state index is 12.3. The van der Waals surface area contributed by atoms with E-state index in [4.69, 9.17) is 0 Å². The molecule has 0 spiro atoms. The van der Waals surface area contributed by atoms with E-state index in [0.29, 0.717) is 12.1 Å². The first kappa shape index (κ1) is 13.8. The first-order chi connectivity index (χ1) is 10.3. The van der Waals surface area contributed by atoms with Crippen molar-refractivity contribution in [3.05, 3.63) is 53.7 Å². The van der Waals surface area contributed by atoms with E-state index < -0.39 is 0 Å². The minimum atomic E-state index is -0.00925. The van der Waals surface area contributed by atoms with Gasteiger partial charge in [-0.05, 0) is 44.2 Å². The number of allylic oxidation sites excluding steroid dienone is 1. The normalized spacial score (nSPS) is 14.8. The van der Waals surface area contributed by atoms with Crippen LogP contribution in [-0.4, -0.2) is 17.4 Å². The number of fused-ring (bicyclic) bond motifs is 1. The van der Waals surface area contributed by atoms with Crippen LogP contribution in [0.15, 0.2) is 48.2 Å². The highest BCUT2D eigenvalue weighted by Gasteiger charge is 2.10. The summed E-state index contributed by atoms with van der Waals surface area (Å²) in [7, 11) is 0. The number of hydrogen-bond acceptors (Lipinski definition) is 2. The van der Waals surface area contributed by atoms with Crippen LogP contribution in [0, 0.1) is 0 Å². The number of carbonyl (C=O) groups is 1. The van der Waals surface area contributed by atoms with Crippen LogP contribution in [0.2, 0.25) is 0 Å². The summed E-state index contributed by atoms with van der Waals surface area (Å²) in [5, 5.41) is 3.94. The highest BCUT2D eigenvalue weighted by molar-refractivity contribution is 6.05. The minimum Gasteiger partial charge on any atom is -0.352 e. The Morgan fingerprint density at radius 1 is 1.19 bits per heavy atom. The zero-order chi connectivity index (χ0) is 14.5. The number of hydrogen-bond donors (Lipinski definition) is 1. The van der Waals surface area contributed by atoms with Crippen molar-refractivity contribution in [3.63, 3.8) is 0 Å². The van der Waals surface area contributed by atoms with Crippen LogP contribution < -0.4 is 5.32 Å². The summed E-state index contributed by atoms with van der Waals surface area (Å²) < 4.78 is 0. The largest absolute Gasteiger partial charge is 0.352 e. The lowest BCUT2D eigenvalue weighted by Gasteiger charge is -2.13. The number of benzene rings is 1. The third kappa shape index (κ3) is 3.30. The maximum Gasteiger partial charge on any atom is 0.252 e. The fourth-order valence-electron chi connectivity index (χ4n) is 2.86. The lowest BCUT2D eigenvalue weighted by atomic mass is 9.97. The Morgan fingerprint density at radius 3 is 2.95 bits per heavy atom. The first-order valence-electron chi connectivity index (χ1n) is 7.64. The van der Waals surface area contributed by atoms with E-state index in [1.54, 1.807) is 12.3 Å². The van der Waals surface area contributed by atoms with Crippen LogP contribution in [0.4, 0.5) is 0 Å². The monoisotopic (exact) mass is 280 g/mol. The SMILES string of the molecule is O=C(NCCC1=CCCCC1)c1ccnc2ccccc12. The van der Waals surface area contributed by atoms with Crippen molar-refractivity contribution in [1.82, 2.24) is 10.3 Å². The number of nitrogens with zero attached hydrogens (tertiary/aromatic N) is 1. The summed E-state index contributed by atoms with van der Waals surface area (Å²) in [6.07, 6.45) is 9.97. The number of pyridine rings is 1. The Hall–Kier alpha value is -2.16. The molecule has 21 heavy (non-hydrogen) atoms. The molecule has 0 radical (unpaired) electrons. The van der Waals surface area contributed by atoms with Crippen LogP contribution in [0.25, 0.3) is 10.9 Å². The second-order valence-corrected chi connectivity index (χ2v) is 5.49. The molecule has 1 aromatic heterocycles. The summed E-state index contributed by atoms with van der Waals surface area (Å²) in [5.74, 6) is -0.00925. The van der Waals surface area contributed by atoms with Crippen LogP contribution in [0.5, 0.6) is 0 Å². The zero-order valence-corrected chi connectivity index (χ0v) is 12.1. The standard InChI is InChI=1S/C18H20N2O/c21-18(20-12-10-14-6-2-1-3-7-14)16-11-13-19-17-9-5-4-8-15(16)17/h4-6,8-9,11,13H,1-3,7,10,12H2,(H,20,21). The molecule has 108 valence electrons. The van der Waals surface area contributed by atoms with Crippen LogP contribution in [0.1, 0.15) is 42.5 Å². The third-order valence-electron chi connectivity index (χ3n) is 4.01. The van der Waals surface area contributed by atoms with Gasteiger partial charge in [-0.15, -0.1) is 0 Å². The molecule has 3 rings (SSSR count). The first-order valence-corrected chi connectivity index (χ1v) is 7.64. The second-order valence-electron chi connectivity index (χ2n) is 5.49. The smallest absolute Gasteiger partial charge is 0.252 e. The molecule has 1 heterocycles. The Balaban J connectivity index is 1.65. The average molecular weight is 280 g/mol. The van der Waals surface area contributed by atoms with Gasteiger partial charge in [0.15, 0.2) is 0 Å². The molecule has 3 nitrogen and oxygen atoms in total. The molecular weight excluding hydrogens is 260 g/mol. The van der Waals surface area contributed by atoms with Crippen molar-refractivity contribution >= 4 is 16.8 Å². The molecule has 1 aromatic carbocycles. The summed E-state index contributed by atoms with van der Waals surface area (Å²) in [4.78, 5) is 16.6. The van der Waals surface area contributed by atoms with Crippen LogP contribution >= 0.6 is 0 Å². The van der Waals surface area contributed by atoms with Gasteiger partial charge < -0.3 is 5.32 Å². The van der Waals surface area contributed by atoms with Gasteiger partial charge in [-0.1, -0.05) is 29.8 Å². The molecular formula is C18H20N2O. The zero-order valence-electron chi connectivity index (χ0n) is 12.1. The van der Waals surface area contributed by atoms with Crippen molar-refractivity contribution in [2.75, 3.05) is 6.54 Å². The Kier molecular flexibility index (Phi) is 4.29. The van der Waals surface area contributed by atoms with Crippen LogP contribution in [-0.2, 0) is 0 Å². The van der Waals surface area contributed by atoms with Gasteiger partial charge in [0, 0.05) is 18.1 Å². The lowest BCUT2D eigenvalue weighted by Crippen LogP contribution is -2.25. The van der Waals surface area contributed by atoms with E-state index in [1.165, 1.54) is 31.3 Å². The summed E-state index contributed by atoms with van der Waals surface area (Å²) in [5.41, 5.74) is 3.06. The molecule has 1 aliphatic carbocycles. The van der Waals surface area contributed by atoms with E-state index >= 15 is 0 Å². The summed E-state index contributed by atoms with van der Waals surface area (Å²) >= 11 is 0. The molecule has 0 saturated carbocycles. The minimum absolute atomic E-state index is 0.00925. The van der Waals surface area contributed by atoms with Crippen molar-refractivity contribution < 1.29 is 4.79 Å². The summed E-state index contributed by atoms with van der Waals surface area (Å²) in [6.45, 7) is 0.710. The Labute approximate surface area is 125 Å². The lowest BCUT2D eigenvalue weighted by molar-refractivity contribution is 0.0955. The molecule has 1 aliphatic rings. The topological polar surface area (TPSA) is 42.0 Å². The number of aromatic nitrogens is 1. The number of rotatable bonds is 4. The fraction of sp³-hybridized carbons (Fsp3) is 0.333. The van der Waals surface area contributed by atoms with Gasteiger partial charge in [-0.3, -0.25) is 9.78 Å². The molecule has 3 heteroatoms. The fourth-order valence-corrected chi connectivity index (χ4v) is 2.86. The molecule has 0 aliphatic heterocycles. The number of amides is 1. The van der Waals surface area contributed by atoms with Crippen molar-refractivity contribution in [2.45, 2.75) is 32.1 Å². The number of para-hydroxylation sites is 1. The molecule has 0 unspecified atom stereocenters. The second kappa shape index (κ2) is 6.53. The summed E-state index contributed by atoms with van der Waals surface area (Å²) in [6, 6.07) is 9.54. The van der Waals surface area contributed by atoms with Gasteiger partial charge >= 0.3 is 0 Å². The van der Waals surface area contributed by atoms with Crippen LogP contribution in [0.3, 0.4) is 0 Å². The number of carbonyl (C=O) groups excluding carboxylic acids is 1. The van der Waals surface area contributed by atoms with Gasteiger partial charge in [0.1, 0.15) is 0 Å². The van der Waals surface area contributed by atoms with Gasteiger partial charge in [-0.25, -0.2) is 0 Å². The van der Waals surface area contributed by atoms with E-state index in [1.807, 2.05) is 24.3 Å². The molecule has 0 atom stereocenters. The van der Waals surface area contributed by atoms with E-state index in [9.17, 15) is 4.79 Å². The molecule has 0 saturated heterocycles. The van der Waals surface area contributed by atoms with Gasteiger partial charge in [0.25, 0.3) is 5.91 Å². The molecule has 0 fully saturated rings. The number of nitrogens with one attached hydrogen (secondary N) is 1. The van der Waals surface area contributed by atoms with Gasteiger partial charge in [-0.2, -0.15) is 0 Å². The molecule has 1 N–H and O–H groups in total. The predicted octanol–water partition coefficient (Wildman–Crippen LogP) is 3.86. The third-order valence-corrected chi connectivity index (χ3v) is 4.01. The van der Waals surface area contributed by atoms with Crippen molar-refractivity contribution in [1.29, 1.82) is 0 Å². The van der Waals surface area contributed by atoms with Crippen molar-refractivity contribution in [2.24, 2.45) is 0 Å². The highest BCUT2D eigenvalue weighted by atomic mass is 16.1. The molecule has 0 bridgehead atoms. The predicted molar refractivity (Wildman–Crippen MR) is 85.2 cm³/mol. The van der Waals surface area contributed by atoms with E-state index in [2.05, 4.69) is 16.4 Å². The quantitative estimate of drug-likeness (QED) is 0.864. The molecule has 2 aromatic rings. The maximum absolute atomic E-state index is 12.3.